The lowest BCUT2D eigenvalue weighted by molar-refractivity contribution is -0.119. The summed E-state index contributed by atoms with van der Waals surface area (Å²) in [5.41, 5.74) is 3.53. The van der Waals surface area contributed by atoms with Crippen molar-refractivity contribution in [2.75, 3.05) is 10.6 Å². The maximum Gasteiger partial charge on any atom is 0.408 e. The van der Waals surface area contributed by atoms with E-state index in [-0.39, 0.29) is 11.8 Å². The number of amides is 3. The Morgan fingerprint density at radius 1 is 1.00 bits per heavy atom. The van der Waals surface area contributed by atoms with E-state index in [1.807, 2.05) is 32.9 Å². The lowest BCUT2D eigenvalue weighted by Crippen LogP contribution is -2.47. The van der Waals surface area contributed by atoms with E-state index in [1.54, 1.807) is 39.0 Å². The van der Waals surface area contributed by atoms with Crippen molar-refractivity contribution in [3.63, 3.8) is 0 Å². The largest absolute Gasteiger partial charge is 0.444 e. The van der Waals surface area contributed by atoms with Crippen LogP contribution in [0.15, 0.2) is 30.3 Å². The van der Waals surface area contributed by atoms with Gasteiger partial charge in [-0.2, -0.15) is 0 Å². The van der Waals surface area contributed by atoms with Gasteiger partial charge in [0.2, 0.25) is 0 Å². The summed E-state index contributed by atoms with van der Waals surface area (Å²) < 4.78 is 6.05. The van der Waals surface area contributed by atoms with Gasteiger partial charge in [-0.1, -0.05) is 29.0 Å². The number of aryl methyl sites for hydroxylation is 3. The monoisotopic (exact) mass is 494 g/mol. The first-order chi connectivity index (χ1) is 16.3. The minimum absolute atomic E-state index is 0.209. The van der Waals surface area contributed by atoms with Gasteiger partial charge in [0.25, 0.3) is 11.8 Å². The fourth-order valence-electron chi connectivity index (χ4n) is 3.93. The topological polar surface area (TPSA) is 109 Å². The van der Waals surface area contributed by atoms with Gasteiger partial charge in [0.05, 0.1) is 10.2 Å². The van der Waals surface area contributed by atoms with Crippen LogP contribution in [0.1, 0.15) is 60.7 Å². The molecule has 8 nitrogen and oxygen atoms in total. The first-order valence-corrected chi connectivity index (χ1v) is 12.3. The zero-order chi connectivity index (χ0) is 25.5. The number of aromatic nitrogens is 1. The molecule has 0 aliphatic heterocycles. The number of hydrogen-bond acceptors (Lipinski definition) is 6. The van der Waals surface area contributed by atoms with Crippen LogP contribution < -0.4 is 16.0 Å². The third-order valence-electron chi connectivity index (χ3n) is 5.71. The number of ether oxygens (including phenoxy) is 1. The molecule has 35 heavy (non-hydrogen) atoms. The number of carbonyl (C=O) groups is 3. The zero-order valence-corrected chi connectivity index (χ0v) is 21.6. The Morgan fingerprint density at radius 2 is 1.66 bits per heavy atom. The summed E-state index contributed by atoms with van der Waals surface area (Å²) in [6.07, 6.45) is 0.445. The van der Waals surface area contributed by atoms with Crippen molar-refractivity contribution in [2.45, 2.75) is 65.5 Å². The van der Waals surface area contributed by atoms with Gasteiger partial charge in [-0.3, -0.25) is 14.9 Å². The number of benzene rings is 2. The second-order valence-corrected chi connectivity index (χ2v) is 11.1. The highest BCUT2D eigenvalue weighted by atomic mass is 32.1. The number of anilines is 2. The van der Waals surface area contributed by atoms with Gasteiger partial charge in [0.15, 0.2) is 5.13 Å². The summed E-state index contributed by atoms with van der Waals surface area (Å²) in [6, 6.07) is 9.32. The van der Waals surface area contributed by atoms with Crippen molar-refractivity contribution in [1.29, 1.82) is 0 Å². The van der Waals surface area contributed by atoms with Gasteiger partial charge >= 0.3 is 6.09 Å². The quantitative estimate of drug-likeness (QED) is 0.436. The Balaban J connectivity index is 1.46. The average Bonchev–Trinajstić information content (AvgIpc) is 3.39. The molecule has 184 valence electrons. The van der Waals surface area contributed by atoms with Gasteiger partial charge in [-0.15, -0.1) is 0 Å². The van der Waals surface area contributed by atoms with Crippen LogP contribution in [0, 0.1) is 20.8 Å². The lowest BCUT2D eigenvalue weighted by Gasteiger charge is -2.22. The molecule has 0 atom stereocenters. The lowest BCUT2D eigenvalue weighted by atomic mass is 10.0. The van der Waals surface area contributed by atoms with Crippen molar-refractivity contribution in [2.24, 2.45) is 0 Å². The van der Waals surface area contributed by atoms with E-state index in [0.717, 1.165) is 27.1 Å². The fourth-order valence-corrected chi connectivity index (χ4v) is 4.83. The summed E-state index contributed by atoms with van der Waals surface area (Å²) in [5.74, 6) is -0.537. The van der Waals surface area contributed by atoms with Gasteiger partial charge in [0, 0.05) is 11.3 Å². The predicted octanol–water partition coefficient (Wildman–Crippen LogP) is 5.47. The van der Waals surface area contributed by atoms with Gasteiger partial charge in [-0.05, 0) is 83.7 Å². The molecule has 0 saturated heterocycles. The Morgan fingerprint density at radius 3 is 2.26 bits per heavy atom. The molecular formula is C26H30N4O4S. The molecule has 2 aromatic carbocycles. The van der Waals surface area contributed by atoms with Gasteiger partial charge < -0.3 is 15.4 Å². The van der Waals surface area contributed by atoms with E-state index < -0.39 is 17.2 Å². The van der Waals surface area contributed by atoms with Crippen molar-refractivity contribution < 1.29 is 19.1 Å². The van der Waals surface area contributed by atoms with Crippen LogP contribution in [0.2, 0.25) is 0 Å². The van der Waals surface area contributed by atoms with Crippen molar-refractivity contribution in [3.05, 3.63) is 52.6 Å². The highest BCUT2D eigenvalue weighted by Crippen LogP contribution is 2.38. The first-order valence-electron chi connectivity index (χ1n) is 11.5. The van der Waals surface area contributed by atoms with Crippen LogP contribution in [0.25, 0.3) is 10.2 Å². The summed E-state index contributed by atoms with van der Waals surface area (Å²) >= 11 is 1.28. The Hall–Kier alpha value is -3.46. The summed E-state index contributed by atoms with van der Waals surface area (Å²) in [7, 11) is 0. The van der Waals surface area contributed by atoms with E-state index in [2.05, 4.69) is 20.9 Å². The van der Waals surface area contributed by atoms with Crippen LogP contribution in [0.3, 0.4) is 0 Å². The van der Waals surface area contributed by atoms with E-state index in [0.29, 0.717) is 29.1 Å². The minimum atomic E-state index is -0.977. The molecule has 0 bridgehead atoms. The normalized spacial score (nSPS) is 14.3. The highest BCUT2D eigenvalue weighted by Gasteiger charge is 2.52. The van der Waals surface area contributed by atoms with Crippen LogP contribution in [-0.2, 0) is 9.53 Å². The zero-order valence-electron chi connectivity index (χ0n) is 20.8. The average molecular weight is 495 g/mol. The smallest absolute Gasteiger partial charge is 0.408 e. The first kappa shape index (κ1) is 24.7. The van der Waals surface area contributed by atoms with Crippen molar-refractivity contribution in [3.8, 4) is 0 Å². The van der Waals surface area contributed by atoms with E-state index in [9.17, 15) is 14.4 Å². The molecule has 3 aromatic rings. The minimum Gasteiger partial charge on any atom is -0.444 e. The second kappa shape index (κ2) is 8.96. The van der Waals surface area contributed by atoms with E-state index in [1.165, 1.54) is 11.3 Å². The second-order valence-electron chi connectivity index (χ2n) is 10.1. The molecule has 0 spiro atoms. The molecule has 1 heterocycles. The maximum atomic E-state index is 12.9. The standard InChI is InChI=1S/C26H30N4O4S/c1-14-11-15(2)20(16(3)12-14)28-21(31)17-7-8-18-19(13-17)35-23(27-18)29-22(32)26(9-10-26)30-24(33)34-25(4,5)6/h7-8,11-13H,9-10H2,1-6H3,(H,28,31)(H,30,33)(H,27,29,32). The number of alkyl carbamates (subject to hydrolysis) is 1. The number of thiazole rings is 1. The van der Waals surface area contributed by atoms with Crippen molar-refractivity contribution in [1.82, 2.24) is 10.3 Å². The number of nitrogens with one attached hydrogen (secondary N) is 3. The number of rotatable bonds is 5. The Labute approximate surface area is 208 Å². The van der Waals surface area contributed by atoms with Crippen molar-refractivity contribution >= 4 is 50.3 Å². The van der Waals surface area contributed by atoms with E-state index in [4.69, 9.17) is 4.74 Å². The van der Waals surface area contributed by atoms with Crippen LogP contribution in [0.5, 0.6) is 0 Å². The maximum absolute atomic E-state index is 12.9. The molecule has 4 rings (SSSR count). The molecule has 9 heteroatoms. The van der Waals surface area contributed by atoms with Gasteiger partial charge in [-0.25, -0.2) is 9.78 Å². The molecule has 1 aliphatic rings. The highest BCUT2D eigenvalue weighted by molar-refractivity contribution is 7.22. The summed E-state index contributed by atoms with van der Waals surface area (Å²) in [6.45, 7) is 11.3. The van der Waals surface area contributed by atoms with E-state index >= 15 is 0 Å². The molecule has 1 aromatic heterocycles. The molecule has 1 aliphatic carbocycles. The third-order valence-corrected chi connectivity index (χ3v) is 6.65. The molecule has 0 unspecified atom stereocenters. The molecule has 0 radical (unpaired) electrons. The predicted molar refractivity (Wildman–Crippen MR) is 138 cm³/mol. The van der Waals surface area contributed by atoms with Crippen LogP contribution >= 0.6 is 11.3 Å². The van der Waals surface area contributed by atoms with Gasteiger partial charge in [0.1, 0.15) is 11.1 Å². The Kier molecular flexibility index (Phi) is 6.31. The summed E-state index contributed by atoms with van der Waals surface area (Å²) in [4.78, 5) is 42.4. The molecule has 1 fully saturated rings. The SMILES string of the molecule is Cc1cc(C)c(NC(=O)c2ccc3nc(NC(=O)C4(NC(=O)OC(C)(C)C)CC4)sc3c2)c(C)c1. The third kappa shape index (κ3) is 5.62. The van der Waals surface area contributed by atoms with Crippen LogP contribution in [-0.4, -0.2) is 34.0 Å². The Bertz CT molecular complexity index is 1310. The summed E-state index contributed by atoms with van der Waals surface area (Å²) in [5, 5.41) is 8.92. The number of nitrogens with zero attached hydrogens (tertiary/aromatic N) is 1. The molecule has 1 saturated carbocycles. The number of carbonyl (C=O) groups excluding carboxylic acids is 3. The molecule has 3 amide bonds. The molecular weight excluding hydrogens is 464 g/mol. The number of fused-ring (bicyclic) bond motifs is 1. The molecule has 3 N–H and O–H groups in total. The number of hydrogen-bond donors (Lipinski definition) is 3. The van der Waals surface area contributed by atoms with Crippen LogP contribution in [0.4, 0.5) is 15.6 Å². The fraction of sp³-hybridized carbons (Fsp3) is 0.385.